The molecule has 1 unspecified atom stereocenters. The van der Waals surface area contributed by atoms with Crippen LogP contribution in [0.3, 0.4) is 0 Å². The van der Waals surface area contributed by atoms with Crippen LogP contribution in [0.5, 0.6) is 0 Å². The van der Waals surface area contributed by atoms with Gasteiger partial charge in [-0.1, -0.05) is 82.4 Å². The number of unbranched alkanes of at least 4 members (excludes halogenated alkanes) is 9. The van der Waals surface area contributed by atoms with Gasteiger partial charge in [-0.25, -0.2) is 9.78 Å². The summed E-state index contributed by atoms with van der Waals surface area (Å²) in [6.45, 7) is 3.54. The van der Waals surface area contributed by atoms with Crippen molar-refractivity contribution in [3.8, 4) is 6.07 Å². The van der Waals surface area contributed by atoms with Gasteiger partial charge in [0.15, 0.2) is 0 Å². The van der Waals surface area contributed by atoms with Crippen LogP contribution >= 0.6 is 35.1 Å². The van der Waals surface area contributed by atoms with Crippen LogP contribution < -0.4 is 5.48 Å². The Kier molecular flexibility index (Phi) is 16.2. The summed E-state index contributed by atoms with van der Waals surface area (Å²) in [5.41, 5.74) is 4.49. The SMILES string of the molecule is CCCCCCCCCCCCOOCc1ccc(Cl)c(NOCC(C#N)C2SCCS2)c1. The molecular formula is C25H39ClN2O3S2. The highest BCUT2D eigenvalue weighted by molar-refractivity contribution is 8.20. The number of nitriles is 1. The zero-order chi connectivity index (χ0) is 23.6. The molecule has 1 aliphatic heterocycles. The number of benzene rings is 1. The second kappa shape index (κ2) is 18.7. The molecule has 1 N–H and O–H groups in total. The third-order valence-corrected chi connectivity index (χ3v) is 9.11. The minimum Gasteiger partial charge on any atom is -0.275 e. The molecule has 1 aromatic carbocycles. The molecule has 1 fully saturated rings. The predicted octanol–water partition coefficient (Wildman–Crippen LogP) is 8.00. The van der Waals surface area contributed by atoms with E-state index in [1.807, 2.05) is 35.7 Å². The molecule has 0 radical (unpaired) electrons. The van der Waals surface area contributed by atoms with Crippen molar-refractivity contribution in [2.24, 2.45) is 5.92 Å². The molecule has 5 nitrogen and oxygen atoms in total. The Labute approximate surface area is 213 Å². The van der Waals surface area contributed by atoms with Gasteiger partial charge in [-0.2, -0.15) is 5.26 Å². The number of nitrogens with one attached hydrogen (secondary N) is 1. The van der Waals surface area contributed by atoms with Gasteiger partial charge in [0, 0.05) is 11.5 Å². The normalized spacial score (nSPS) is 14.9. The molecule has 1 aliphatic rings. The van der Waals surface area contributed by atoms with Crippen LogP contribution in [0.2, 0.25) is 5.02 Å². The molecule has 0 aliphatic carbocycles. The molecule has 1 heterocycles. The Balaban J connectivity index is 1.53. The molecule has 33 heavy (non-hydrogen) atoms. The maximum Gasteiger partial charge on any atom is 0.107 e. The van der Waals surface area contributed by atoms with E-state index in [-0.39, 0.29) is 10.5 Å². The number of nitrogens with zero attached hydrogens (tertiary/aromatic N) is 1. The second-order valence-corrected chi connectivity index (χ2v) is 11.5. The van der Waals surface area contributed by atoms with Gasteiger partial charge in [0.25, 0.3) is 0 Å². The van der Waals surface area contributed by atoms with Crippen molar-refractivity contribution >= 4 is 40.8 Å². The summed E-state index contributed by atoms with van der Waals surface area (Å²) in [4.78, 5) is 16.3. The average molecular weight is 515 g/mol. The third-order valence-electron chi connectivity index (χ3n) is 5.51. The van der Waals surface area contributed by atoms with E-state index in [4.69, 9.17) is 26.2 Å². The minimum atomic E-state index is -0.153. The summed E-state index contributed by atoms with van der Waals surface area (Å²) in [5, 5.41) is 9.95. The number of thioether (sulfide) groups is 2. The molecule has 1 aromatic rings. The third kappa shape index (κ3) is 12.6. The molecule has 0 aromatic heterocycles. The molecule has 1 atom stereocenters. The monoisotopic (exact) mass is 514 g/mol. The summed E-state index contributed by atoms with van der Waals surface area (Å²) in [6, 6.07) is 7.94. The fourth-order valence-electron chi connectivity index (χ4n) is 3.55. The van der Waals surface area contributed by atoms with Crippen LogP contribution in [0.25, 0.3) is 0 Å². The summed E-state index contributed by atoms with van der Waals surface area (Å²) < 4.78 is 0.278. The molecule has 186 valence electrons. The van der Waals surface area contributed by atoms with Gasteiger partial charge >= 0.3 is 0 Å². The topological polar surface area (TPSA) is 63.5 Å². The maximum atomic E-state index is 9.39. The van der Waals surface area contributed by atoms with E-state index >= 15 is 0 Å². The molecule has 2 rings (SSSR count). The fourth-order valence-corrected chi connectivity index (χ4v) is 6.65. The summed E-state index contributed by atoms with van der Waals surface area (Å²) in [6.07, 6.45) is 13.0. The largest absolute Gasteiger partial charge is 0.275 e. The minimum absolute atomic E-state index is 0.153. The van der Waals surface area contributed by atoms with Crippen LogP contribution in [-0.2, 0) is 21.2 Å². The lowest BCUT2D eigenvalue weighted by atomic mass is 10.1. The van der Waals surface area contributed by atoms with Crippen LogP contribution in [0.4, 0.5) is 5.69 Å². The van der Waals surface area contributed by atoms with Crippen LogP contribution in [-0.4, -0.2) is 29.3 Å². The summed E-state index contributed by atoms with van der Waals surface area (Å²) in [7, 11) is 0. The van der Waals surface area contributed by atoms with E-state index < -0.39 is 0 Å². The zero-order valence-electron chi connectivity index (χ0n) is 19.9. The highest BCUT2D eigenvalue weighted by Crippen LogP contribution is 2.37. The van der Waals surface area contributed by atoms with Crippen LogP contribution in [0.15, 0.2) is 18.2 Å². The average Bonchev–Trinajstić information content (AvgIpc) is 3.36. The van der Waals surface area contributed by atoms with Gasteiger partial charge < -0.3 is 0 Å². The molecule has 8 heteroatoms. The standard InChI is InChI=1S/C25H39ClN2O3S2/c1-2-3-4-5-6-7-8-9-10-11-14-30-31-19-21-12-13-23(26)24(17-21)28-29-20-22(18-27)25-32-15-16-33-25/h12-13,17,22,25,28H,2-11,14-16,19-20H2,1H3. The Morgan fingerprint density at radius 3 is 2.36 bits per heavy atom. The van der Waals surface area contributed by atoms with Crippen molar-refractivity contribution in [1.29, 1.82) is 5.26 Å². The second-order valence-electron chi connectivity index (χ2n) is 8.34. The molecule has 0 amide bonds. The predicted molar refractivity (Wildman–Crippen MR) is 141 cm³/mol. The smallest absolute Gasteiger partial charge is 0.107 e. The van der Waals surface area contributed by atoms with Gasteiger partial charge in [-0.05, 0) is 24.1 Å². The Hall–Kier alpha value is -0.620. The Morgan fingerprint density at radius 1 is 1.03 bits per heavy atom. The van der Waals surface area contributed by atoms with Gasteiger partial charge in [0.1, 0.15) is 6.61 Å². The van der Waals surface area contributed by atoms with E-state index in [0.29, 0.717) is 30.5 Å². The summed E-state index contributed by atoms with van der Waals surface area (Å²) >= 11 is 9.92. The van der Waals surface area contributed by atoms with Crippen molar-refractivity contribution in [3.05, 3.63) is 28.8 Å². The van der Waals surface area contributed by atoms with Crippen molar-refractivity contribution in [3.63, 3.8) is 0 Å². The highest BCUT2D eigenvalue weighted by atomic mass is 35.5. The van der Waals surface area contributed by atoms with E-state index in [1.54, 1.807) is 6.07 Å². The molecular weight excluding hydrogens is 476 g/mol. The van der Waals surface area contributed by atoms with E-state index in [1.165, 1.54) is 57.8 Å². The van der Waals surface area contributed by atoms with Crippen molar-refractivity contribution in [2.75, 3.05) is 30.2 Å². The lowest BCUT2D eigenvalue weighted by Gasteiger charge is -2.16. The first kappa shape index (κ1) is 28.6. The molecule has 0 saturated carbocycles. The number of anilines is 1. The molecule has 0 bridgehead atoms. The Morgan fingerprint density at radius 2 is 1.70 bits per heavy atom. The zero-order valence-corrected chi connectivity index (χ0v) is 22.2. The first-order valence-electron chi connectivity index (χ1n) is 12.3. The van der Waals surface area contributed by atoms with Gasteiger partial charge in [-0.15, -0.1) is 23.5 Å². The van der Waals surface area contributed by atoms with Crippen molar-refractivity contribution < 1.29 is 14.6 Å². The number of hydrogen-bond donors (Lipinski definition) is 1. The lowest BCUT2D eigenvalue weighted by molar-refractivity contribution is -0.304. The Bertz CT molecular complexity index is 684. The van der Waals surface area contributed by atoms with E-state index in [9.17, 15) is 5.26 Å². The van der Waals surface area contributed by atoms with Gasteiger partial charge in [-0.3, -0.25) is 10.3 Å². The van der Waals surface area contributed by atoms with Crippen LogP contribution in [0.1, 0.15) is 76.7 Å². The number of rotatable bonds is 19. The van der Waals surface area contributed by atoms with Crippen molar-refractivity contribution in [1.82, 2.24) is 0 Å². The first-order valence-corrected chi connectivity index (χ1v) is 14.8. The van der Waals surface area contributed by atoms with E-state index in [0.717, 1.165) is 23.5 Å². The molecule has 0 spiro atoms. The van der Waals surface area contributed by atoms with Gasteiger partial charge in [0.05, 0.1) is 40.5 Å². The van der Waals surface area contributed by atoms with Crippen LogP contribution in [0, 0.1) is 17.2 Å². The first-order chi connectivity index (χ1) is 16.2. The lowest BCUT2D eigenvalue weighted by Crippen LogP contribution is -2.19. The number of halogens is 1. The summed E-state index contributed by atoms with van der Waals surface area (Å²) in [5.74, 6) is 2.03. The fraction of sp³-hybridized carbons (Fsp3) is 0.720. The molecule has 1 saturated heterocycles. The van der Waals surface area contributed by atoms with Crippen molar-refractivity contribution in [2.45, 2.75) is 82.3 Å². The highest BCUT2D eigenvalue weighted by Gasteiger charge is 2.26. The maximum absolute atomic E-state index is 9.39. The van der Waals surface area contributed by atoms with E-state index in [2.05, 4.69) is 18.5 Å². The van der Waals surface area contributed by atoms with Gasteiger partial charge in [0.2, 0.25) is 0 Å². The number of hydrogen-bond acceptors (Lipinski definition) is 7. The quantitative estimate of drug-likeness (QED) is 0.114.